The molecule has 1 aromatic carbocycles. The number of rotatable bonds is 2. The summed E-state index contributed by atoms with van der Waals surface area (Å²) in [5.41, 5.74) is 1.63. The summed E-state index contributed by atoms with van der Waals surface area (Å²) < 4.78 is 0. The highest BCUT2D eigenvalue weighted by molar-refractivity contribution is 7.80. The van der Waals surface area contributed by atoms with Gasteiger partial charge in [0.05, 0.1) is 5.69 Å². The Morgan fingerprint density at radius 2 is 2.33 bits per heavy atom. The Balaban J connectivity index is 2.36. The van der Waals surface area contributed by atoms with E-state index in [0.717, 1.165) is 11.3 Å². The second-order valence-electron chi connectivity index (χ2n) is 4.01. The van der Waals surface area contributed by atoms with Crippen molar-refractivity contribution in [2.75, 3.05) is 4.90 Å². The normalized spacial score (nSPS) is 18.7. The Morgan fingerprint density at radius 3 is 2.94 bits per heavy atom. The van der Waals surface area contributed by atoms with Crippen LogP contribution in [0.3, 0.4) is 0 Å². The lowest BCUT2D eigenvalue weighted by molar-refractivity contribution is -0.118. The fourth-order valence-electron chi connectivity index (χ4n) is 1.89. The zero-order valence-electron chi connectivity index (χ0n) is 9.74. The average molecular weight is 279 g/mol. The summed E-state index contributed by atoms with van der Waals surface area (Å²) in [7, 11) is 0. The number of carbonyl (C=O) groups is 1. The van der Waals surface area contributed by atoms with Crippen molar-refractivity contribution < 1.29 is 4.79 Å². The first-order valence-corrected chi connectivity index (χ1v) is 6.17. The van der Waals surface area contributed by atoms with E-state index in [1.54, 1.807) is 18.2 Å². The predicted octanol–water partition coefficient (Wildman–Crippen LogP) is 2.26. The van der Waals surface area contributed by atoms with E-state index in [9.17, 15) is 4.79 Å². The lowest BCUT2D eigenvalue weighted by atomic mass is 10.1. The van der Waals surface area contributed by atoms with Crippen LogP contribution in [-0.4, -0.2) is 17.1 Å². The van der Waals surface area contributed by atoms with Gasteiger partial charge in [-0.15, -0.1) is 12.3 Å². The van der Waals surface area contributed by atoms with E-state index < -0.39 is 6.04 Å². The molecule has 1 amide bonds. The third-order valence-corrected chi connectivity index (χ3v) is 3.28. The number of terminal acetylenes is 1. The zero-order chi connectivity index (χ0) is 13.3. The van der Waals surface area contributed by atoms with Crippen molar-refractivity contribution >= 4 is 40.5 Å². The van der Waals surface area contributed by atoms with Gasteiger partial charge in [-0.25, -0.2) is 0 Å². The Morgan fingerprint density at radius 1 is 1.61 bits per heavy atom. The highest BCUT2D eigenvalue weighted by Crippen LogP contribution is 2.26. The minimum Gasteiger partial charge on any atom is -0.349 e. The molecule has 1 aliphatic heterocycles. The van der Waals surface area contributed by atoms with Crippen LogP contribution in [0, 0.1) is 19.3 Å². The zero-order valence-corrected chi connectivity index (χ0v) is 11.3. The van der Waals surface area contributed by atoms with E-state index in [-0.39, 0.29) is 5.91 Å². The van der Waals surface area contributed by atoms with E-state index in [0.29, 0.717) is 16.6 Å². The molecule has 2 rings (SSSR count). The molecule has 1 saturated heterocycles. The maximum Gasteiger partial charge on any atom is 0.256 e. The smallest absolute Gasteiger partial charge is 0.256 e. The van der Waals surface area contributed by atoms with Crippen molar-refractivity contribution in [3.63, 3.8) is 0 Å². The molecule has 1 unspecified atom stereocenters. The van der Waals surface area contributed by atoms with Crippen molar-refractivity contribution in [2.24, 2.45) is 0 Å². The summed E-state index contributed by atoms with van der Waals surface area (Å²) >= 11 is 11.1. The third-order valence-electron chi connectivity index (χ3n) is 2.74. The van der Waals surface area contributed by atoms with Gasteiger partial charge < -0.3 is 5.32 Å². The standard InChI is InChI=1S/C13H11ClN2OS/c1-3-4-10-12(17)16(13(18)15-10)11-6-5-9(14)7-8(11)2/h1,5-7,10H,4H2,2H3,(H,15,18). The van der Waals surface area contributed by atoms with E-state index >= 15 is 0 Å². The summed E-state index contributed by atoms with van der Waals surface area (Å²) in [6.45, 7) is 1.88. The number of anilines is 1. The second-order valence-corrected chi connectivity index (χ2v) is 4.84. The van der Waals surface area contributed by atoms with Gasteiger partial charge in [-0.05, 0) is 42.9 Å². The summed E-state index contributed by atoms with van der Waals surface area (Å²) in [4.78, 5) is 13.7. The SMILES string of the molecule is C#CCC1NC(=S)N(c2ccc(Cl)cc2C)C1=O. The molecule has 1 fully saturated rings. The van der Waals surface area contributed by atoms with Crippen LogP contribution < -0.4 is 10.2 Å². The van der Waals surface area contributed by atoms with Gasteiger partial charge in [0, 0.05) is 11.4 Å². The summed E-state index contributed by atoms with van der Waals surface area (Å²) in [5, 5.41) is 3.93. The van der Waals surface area contributed by atoms with Gasteiger partial charge in [-0.2, -0.15) is 0 Å². The van der Waals surface area contributed by atoms with Crippen LogP contribution >= 0.6 is 23.8 Å². The molecule has 1 N–H and O–H groups in total. The molecular formula is C13H11ClN2OS. The number of hydrogen-bond donors (Lipinski definition) is 1. The molecule has 3 nitrogen and oxygen atoms in total. The second kappa shape index (κ2) is 4.97. The predicted molar refractivity (Wildman–Crippen MR) is 76.6 cm³/mol. The molecular weight excluding hydrogens is 268 g/mol. The highest BCUT2D eigenvalue weighted by Gasteiger charge is 2.36. The number of benzene rings is 1. The first-order valence-electron chi connectivity index (χ1n) is 5.38. The Labute approximate surface area is 116 Å². The van der Waals surface area contributed by atoms with Crippen LogP contribution in [0.1, 0.15) is 12.0 Å². The van der Waals surface area contributed by atoms with Crippen LogP contribution in [0.25, 0.3) is 0 Å². The molecule has 1 aliphatic rings. The van der Waals surface area contributed by atoms with Crippen molar-refractivity contribution in [2.45, 2.75) is 19.4 Å². The summed E-state index contributed by atoms with van der Waals surface area (Å²) in [6.07, 6.45) is 5.55. The molecule has 5 heteroatoms. The van der Waals surface area contributed by atoms with Gasteiger partial charge in [-0.3, -0.25) is 9.69 Å². The molecule has 18 heavy (non-hydrogen) atoms. The van der Waals surface area contributed by atoms with Gasteiger partial charge in [0.25, 0.3) is 5.91 Å². The summed E-state index contributed by atoms with van der Waals surface area (Å²) in [5.74, 6) is 2.34. The van der Waals surface area contributed by atoms with Crippen LogP contribution in [0.2, 0.25) is 5.02 Å². The Hall–Kier alpha value is -1.57. The van der Waals surface area contributed by atoms with Crippen LogP contribution in [0.5, 0.6) is 0 Å². The maximum atomic E-state index is 12.2. The molecule has 0 aliphatic carbocycles. The highest BCUT2D eigenvalue weighted by atomic mass is 35.5. The van der Waals surface area contributed by atoms with E-state index in [2.05, 4.69) is 11.2 Å². The van der Waals surface area contributed by atoms with Crippen molar-refractivity contribution in [1.82, 2.24) is 5.32 Å². The quantitative estimate of drug-likeness (QED) is 0.665. The number of amides is 1. The fourth-order valence-corrected chi connectivity index (χ4v) is 2.44. The number of thiocarbonyl (C=S) groups is 1. The molecule has 0 spiro atoms. The van der Waals surface area contributed by atoms with Gasteiger partial charge in [0.1, 0.15) is 6.04 Å². The first kappa shape index (κ1) is 12.9. The lowest BCUT2D eigenvalue weighted by Gasteiger charge is -2.17. The third kappa shape index (κ3) is 2.20. The molecule has 92 valence electrons. The van der Waals surface area contributed by atoms with Crippen LogP contribution in [0.15, 0.2) is 18.2 Å². The maximum absolute atomic E-state index is 12.2. The lowest BCUT2D eigenvalue weighted by Crippen LogP contribution is -2.31. The number of hydrogen-bond acceptors (Lipinski definition) is 2. The van der Waals surface area contributed by atoms with E-state index in [1.807, 2.05) is 6.92 Å². The van der Waals surface area contributed by atoms with Gasteiger partial charge in [-0.1, -0.05) is 11.6 Å². The van der Waals surface area contributed by atoms with Crippen molar-refractivity contribution in [1.29, 1.82) is 0 Å². The number of nitrogens with one attached hydrogen (secondary N) is 1. The topological polar surface area (TPSA) is 32.3 Å². The summed E-state index contributed by atoms with van der Waals surface area (Å²) in [6, 6.07) is 4.87. The molecule has 0 aromatic heterocycles. The number of halogens is 1. The fraction of sp³-hybridized carbons (Fsp3) is 0.231. The Kier molecular flexibility index (Phi) is 3.55. The minimum absolute atomic E-state index is 0.122. The molecule has 0 saturated carbocycles. The minimum atomic E-state index is -0.433. The largest absolute Gasteiger partial charge is 0.349 e. The monoisotopic (exact) mass is 278 g/mol. The molecule has 1 aromatic rings. The van der Waals surface area contributed by atoms with Crippen LogP contribution in [-0.2, 0) is 4.79 Å². The number of nitrogens with zero attached hydrogens (tertiary/aromatic N) is 1. The molecule has 1 heterocycles. The van der Waals surface area contributed by atoms with Gasteiger partial charge >= 0.3 is 0 Å². The molecule has 0 radical (unpaired) electrons. The van der Waals surface area contributed by atoms with Gasteiger partial charge in [0.15, 0.2) is 5.11 Å². The van der Waals surface area contributed by atoms with E-state index in [1.165, 1.54) is 4.90 Å². The van der Waals surface area contributed by atoms with Crippen molar-refractivity contribution in [3.05, 3.63) is 28.8 Å². The first-order chi connectivity index (χ1) is 8.54. The van der Waals surface area contributed by atoms with Crippen molar-refractivity contribution in [3.8, 4) is 12.3 Å². The Bertz CT molecular complexity index is 565. The molecule has 1 atom stereocenters. The average Bonchev–Trinajstić information content (AvgIpc) is 2.56. The van der Waals surface area contributed by atoms with Crippen LogP contribution in [0.4, 0.5) is 5.69 Å². The number of aryl methyl sites for hydroxylation is 1. The molecule has 0 bridgehead atoms. The van der Waals surface area contributed by atoms with E-state index in [4.69, 9.17) is 30.2 Å². The number of carbonyl (C=O) groups excluding carboxylic acids is 1. The van der Waals surface area contributed by atoms with Gasteiger partial charge in [0.2, 0.25) is 0 Å².